The van der Waals surface area contributed by atoms with Gasteiger partial charge in [-0.3, -0.25) is 24.5 Å². The molecule has 2 amide bonds. The lowest BCUT2D eigenvalue weighted by atomic mass is 10.2. The van der Waals surface area contributed by atoms with Crippen LogP contribution in [0.3, 0.4) is 0 Å². The zero-order valence-electron chi connectivity index (χ0n) is 10.9. The summed E-state index contributed by atoms with van der Waals surface area (Å²) in [6, 6.07) is 1.80. The van der Waals surface area contributed by atoms with Crippen LogP contribution in [0.2, 0.25) is 0 Å². The number of hydrogen-bond donors (Lipinski definition) is 1. The minimum Gasteiger partial charge on any atom is -0.298 e. The number of hydrogen-bond acceptors (Lipinski definition) is 4. The second kappa shape index (κ2) is 4.89. The van der Waals surface area contributed by atoms with E-state index in [9.17, 15) is 9.59 Å². The predicted octanol–water partition coefficient (Wildman–Crippen LogP) is 0.311. The highest BCUT2D eigenvalue weighted by Gasteiger charge is 2.31. The molecule has 1 saturated heterocycles. The van der Waals surface area contributed by atoms with Gasteiger partial charge in [0.05, 0.1) is 24.8 Å². The molecule has 1 unspecified atom stereocenters. The molecular weight excluding hydrogens is 232 g/mol. The lowest BCUT2D eigenvalue weighted by Crippen LogP contribution is -2.56. The van der Waals surface area contributed by atoms with E-state index in [-0.39, 0.29) is 37.0 Å². The van der Waals surface area contributed by atoms with Crippen molar-refractivity contribution in [2.24, 2.45) is 0 Å². The Morgan fingerprint density at radius 3 is 2.83 bits per heavy atom. The van der Waals surface area contributed by atoms with Gasteiger partial charge >= 0.3 is 0 Å². The van der Waals surface area contributed by atoms with Gasteiger partial charge in [0.15, 0.2) is 0 Å². The quantitative estimate of drug-likeness (QED) is 0.784. The Kier molecular flexibility index (Phi) is 3.47. The molecule has 1 atom stereocenters. The first kappa shape index (κ1) is 12.8. The van der Waals surface area contributed by atoms with Crippen molar-refractivity contribution >= 4 is 11.8 Å². The third-order valence-electron chi connectivity index (χ3n) is 3.01. The molecule has 1 fully saturated rings. The maximum Gasteiger partial charge on any atom is 0.246 e. The Bertz CT molecular complexity index is 466. The molecular formula is C12H18N4O2. The molecule has 1 aromatic rings. The smallest absolute Gasteiger partial charge is 0.246 e. The zero-order chi connectivity index (χ0) is 13.3. The van der Waals surface area contributed by atoms with E-state index in [1.807, 2.05) is 30.8 Å². The summed E-state index contributed by atoms with van der Waals surface area (Å²) in [5.41, 5.74) is 0.736. The van der Waals surface area contributed by atoms with Gasteiger partial charge < -0.3 is 0 Å². The number of aromatic nitrogens is 2. The second-order valence-corrected chi connectivity index (χ2v) is 4.80. The molecule has 98 valence electrons. The summed E-state index contributed by atoms with van der Waals surface area (Å²) in [6.07, 6.45) is 1.86. The van der Waals surface area contributed by atoms with Crippen molar-refractivity contribution in [2.75, 3.05) is 6.54 Å². The Labute approximate surface area is 106 Å². The maximum absolute atomic E-state index is 11.9. The predicted molar refractivity (Wildman–Crippen MR) is 65.6 cm³/mol. The normalized spacial score (nSPS) is 20.9. The number of piperazine rings is 1. The third kappa shape index (κ3) is 2.43. The van der Waals surface area contributed by atoms with E-state index in [2.05, 4.69) is 10.4 Å². The van der Waals surface area contributed by atoms with Gasteiger partial charge in [0.2, 0.25) is 11.8 Å². The standard InChI is InChI=1S/C12H18N4O2/c1-8(2)16-5-4-10(14-16)7-15-11(17)6-13-9(3)12(15)18/h4-5,8-9,13H,6-7H2,1-3H3. The molecule has 1 aromatic heterocycles. The summed E-state index contributed by atoms with van der Waals surface area (Å²) in [5, 5.41) is 7.20. The first-order chi connectivity index (χ1) is 8.49. The average Bonchev–Trinajstić information content (AvgIpc) is 2.78. The van der Waals surface area contributed by atoms with Gasteiger partial charge in [-0.25, -0.2) is 0 Å². The Balaban J connectivity index is 2.11. The van der Waals surface area contributed by atoms with Gasteiger partial charge in [-0.1, -0.05) is 0 Å². The van der Waals surface area contributed by atoms with Crippen molar-refractivity contribution in [2.45, 2.75) is 39.4 Å². The van der Waals surface area contributed by atoms with Gasteiger partial charge in [-0.2, -0.15) is 5.10 Å². The topological polar surface area (TPSA) is 67.2 Å². The van der Waals surface area contributed by atoms with Crippen LogP contribution in [0, 0.1) is 0 Å². The maximum atomic E-state index is 11.9. The van der Waals surface area contributed by atoms with Gasteiger partial charge in [0.25, 0.3) is 0 Å². The summed E-state index contributed by atoms with van der Waals surface area (Å²) < 4.78 is 1.82. The molecule has 0 bridgehead atoms. The molecule has 1 N–H and O–H groups in total. The number of imide groups is 1. The van der Waals surface area contributed by atoms with Gasteiger partial charge in [0.1, 0.15) is 0 Å². The number of carbonyl (C=O) groups is 2. The van der Waals surface area contributed by atoms with E-state index >= 15 is 0 Å². The number of nitrogens with zero attached hydrogens (tertiary/aromatic N) is 3. The number of nitrogens with one attached hydrogen (secondary N) is 1. The van der Waals surface area contributed by atoms with Crippen LogP contribution in [0.4, 0.5) is 0 Å². The van der Waals surface area contributed by atoms with Crippen LogP contribution in [-0.2, 0) is 16.1 Å². The molecule has 6 heteroatoms. The molecule has 6 nitrogen and oxygen atoms in total. The molecule has 0 saturated carbocycles. The molecule has 0 aliphatic carbocycles. The SMILES string of the molecule is CC1NCC(=O)N(Cc2ccn(C(C)C)n2)C1=O. The van der Waals surface area contributed by atoms with Crippen LogP contribution in [0.1, 0.15) is 32.5 Å². The van der Waals surface area contributed by atoms with E-state index < -0.39 is 0 Å². The average molecular weight is 250 g/mol. The minimum atomic E-state index is -0.310. The Hall–Kier alpha value is -1.69. The number of amides is 2. The highest BCUT2D eigenvalue weighted by molar-refractivity contribution is 6.00. The fourth-order valence-electron chi connectivity index (χ4n) is 1.86. The monoisotopic (exact) mass is 250 g/mol. The second-order valence-electron chi connectivity index (χ2n) is 4.80. The van der Waals surface area contributed by atoms with Crippen LogP contribution in [0.15, 0.2) is 12.3 Å². The summed E-state index contributed by atoms with van der Waals surface area (Å²) >= 11 is 0. The highest BCUT2D eigenvalue weighted by Crippen LogP contribution is 2.10. The molecule has 1 aliphatic rings. The molecule has 2 heterocycles. The molecule has 0 aromatic carbocycles. The largest absolute Gasteiger partial charge is 0.298 e. The summed E-state index contributed by atoms with van der Waals surface area (Å²) in [5.74, 6) is -0.387. The van der Waals surface area contributed by atoms with Crippen LogP contribution < -0.4 is 5.32 Å². The van der Waals surface area contributed by atoms with Crippen LogP contribution in [0.25, 0.3) is 0 Å². The molecule has 18 heavy (non-hydrogen) atoms. The van der Waals surface area contributed by atoms with Gasteiger partial charge in [-0.05, 0) is 26.8 Å². The minimum absolute atomic E-state index is 0.189. The van der Waals surface area contributed by atoms with E-state index in [0.29, 0.717) is 0 Å². The Morgan fingerprint density at radius 2 is 2.22 bits per heavy atom. The Morgan fingerprint density at radius 1 is 1.50 bits per heavy atom. The van der Waals surface area contributed by atoms with Crippen molar-refractivity contribution in [3.63, 3.8) is 0 Å². The summed E-state index contributed by atoms with van der Waals surface area (Å²) in [4.78, 5) is 24.9. The summed E-state index contributed by atoms with van der Waals surface area (Å²) in [6.45, 7) is 6.27. The fraction of sp³-hybridized carbons (Fsp3) is 0.583. The lowest BCUT2D eigenvalue weighted by Gasteiger charge is -2.29. The van der Waals surface area contributed by atoms with E-state index in [1.165, 1.54) is 4.90 Å². The fourth-order valence-corrected chi connectivity index (χ4v) is 1.86. The lowest BCUT2D eigenvalue weighted by molar-refractivity contribution is -0.149. The zero-order valence-corrected chi connectivity index (χ0v) is 10.9. The van der Waals surface area contributed by atoms with Crippen molar-refractivity contribution < 1.29 is 9.59 Å². The van der Waals surface area contributed by atoms with Gasteiger partial charge in [-0.15, -0.1) is 0 Å². The van der Waals surface area contributed by atoms with Gasteiger partial charge in [0, 0.05) is 12.2 Å². The molecule has 0 spiro atoms. The molecule has 2 rings (SSSR count). The molecule has 0 radical (unpaired) electrons. The van der Waals surface area contributed by atoms with E-state index in [4.69, 9.17) is 0 Å². The first-order valence-electron chi connectivity index (χ1n) is 6.10. The number of carbonyl (C=O) groups excluding carboxylic acids is 2. The van der Waals surface area contributed by atoms with Crippen LogP contribution >= 0.6 is 0 Å². The van der Waals surface area contributed by atoms with Crippen molar-refractivity contribution in [1.29, 1.82) is 0 Å². The van der Waals surface area contributed by atoms with Crippen molar-refractivity contribution in [3.05, 3.63) is 18.0 Å². The first-order valence-corrected chi connectivity index (χ1v) is 6.10. The highest BCUT2D eigenvalue weighted by atomic mass is 16.2. The van der Waals surface area contributed by atoms with E-state index in [1.54, 1.807) is 6.92 Å². The number of rotatable bonds is 3. The molecule has 1 aliphatic heterocycles. The van der Waals surface area contributed by atoms with Crippen LogP contribution in [-0.4, -0.2) is 39.1 Å². The van der Waals surface area contributed by atoms with Crippen molar-refractivity contribution in [1.82, 2.24) is 20.0 Å². The van der Waals surface area contributed by atoms with E-state index in [0.717, 1.165) is 5.69 Å². The third-order valence-corrected chi connectivity index (χ3v) is 3.01. The van der Waals surface area contributed by atoms with Crippen LogP contribution in [0.5, 0.6) is 0 Å². The summed E-state index contributed by atoms with van der Waals surface area (Å²) in [7, 11) is 0. The van der Waals surface area contributed by atoms with Crippen molar-refractivity contribution in [3.8, 4) is 0 Å².